The Balaban J connectivity index is 1.76. The molecule has 0 fully saturated rings. The number of benzene rings is 1. The van der Waals surface area contributed by atoms with Gasteiger partial charge in [-0.2, -0.15) is 0 Å². The van der Waals surface area contributed by atoms with Crippen molar-refractivity contribution in [1.29, 1.82) is 0 Å². The van der Waals surface area contributed by atoms with E-state index >= 15 is 0 Å². The smallest absolute Gasteiger partial charge is 0.309 e. The molecule has 5 heteroatoms. The molecule has 0 aliphatic rings. The summed E-state index contributed by atoms with van der Waals surface area (Å²) in [4.78, 5) is 24.3. The van der Waals surface area contributed by atoms with Crippen LogP contribution in [0.5, 0.6) is 0 Å². The van der Waals surface area contributed by atoms with Crippen molar-refractivity contribution in [2.45, 2.75) is 26.4 Å². The van der Waals surface area contributed by atoms with Crippen LogP contribution in [0.25, 0.3) is 0 Å². The summed E-state index contributed by atoms with van der Waals surface area (Å²) in [5, 5.41) is 7.15. The van der Waals surface area contributed by atoms with Gasteiger partial charge < -0.3 is 10.6 Å². The lowest BCUT2D eigenvalue weighted by atomic mass is 10.1. The first-order valence-corrected chi connectivity index (χ1v) is 7.73. The maximum atomic E-state index is 11.7. The summed E-state index contributed by atoms with van der Waals surface area (Å²) < 4.78 is 0. The molecule has 0 radical (unpaired) electrons. The standard InChI is InChI=1S/C16H18N2O2S/c1-2-12-5-7-13(8-6-12)10-17-15(19)16(20)18-11-14-4-3-9-21-14/h3-9H,2,10-11H2,1H3,(H,17,19)(H,18,20). The molecule has 110 valence electrons. The Morgan fingerprint density at radius 3 is 2.14 bits per heavy atom. The number of carbonyl (C=O) groups excluding carboxylic acids is 2. The van der Waals surface area contributed by atoms with Crippen LogP contribution in [0.3, 0.4) is 0 Å². The van der Waals surface area contributed by atoms with Crippen molar-refractivity contribution >= 4 is 23.2 Å². The average molecular weight is 302 g/mol. The normalized spacial score (nSPS) is 10.1. The highest BCUT2D eigenvalue weighted by Gasteiger charge is 2.12. The Morgan fingerprint density at radius 2 is 1.57 bits per heavy atom. The molecule has 1 aromatic heterocycles. The van der Waals surface area contributed by atoms with E-state index in [1.807, 2.05) is 41.8 Å². The van der Waals surface area contributed by atoms with Gasteiger partial charge in [-0.1, -0.05) is 37.3 Å². The molecule has 2 rings (SSSR count). The monoisotopic (exact) mass is 302 g/mol. The van der Waals surface area contributed by atoms with Crippen LogP contribution in [-0.4, -0.2) is 11.8 Å². The minimum atomic E-state index is -0.605. The summed E-state index contributed by atoms with van der Waals surface area (Å²) in [6.45, 7) is 2.83. The second-order valence-electron chi connectivity index (χ2n) is 4.61. The first kappa shape index (κ1) is 15.3. The van der Waals surface area contributed by atoms with Gasteiger partial charge in [-0.3, -0.25) is 9.59 Å². The second kappa shape index (κ2) is 7.59. The van der Waals surface area contributed by atoms with Crippen molar-refractivity contribution < 1.29 is 9.59 Å². The Kier molecular flexibility index (Phi) is 5.51. The summed E-state index contributed by atoms with van der Waals surface area (Å²) >= 11 is 1.54. The Hall–Kier alpha value is -2.14. The maximum Gasteiger partial charge on any atom is 0.309 e. The third-order valence-electron chi connectivity index (χ3n) is 3.09. The SMILES string of the molecule is CCc1ccc(CNC(=O)C(=O)NCc2cccs2)cc1. The van der Waals surface area contributed by atoms with Gasteiger partial charge in [0.2, 0.25) is 0 Å². The summed E-state index contributed by atoms with van der Waals surface area (Å²) in [5.74, 6) is -1.21. The highest BCUT2D eigenvalue weighted by atomic mass is 32.1. The zero-order valence-electron chi connectivity index (χ0n) is 11.9. The van der Waals surface area contributed by atoms with Crippen LogP contribution in [0.15, 0.2) is 41.8 Å². The van der Waals surface area contributed by atoms with Gasteiger partial charge in [-0.15, -0.1) is 11.3 Å². The number of nitrogens with one attached hydrogen (secondary N) is 2. The summed E-state index contributed by atoms with van der Waals surface area (Å²) in [7, 11) is 0. The number of carbonyl (C=O) groups is 2. The van der Waals surface area contributed by atoms with Crippen LogP contribution in [0.4, 0.5) is 0 Å². The minimum absolute atomic E-state index is 0.356. The van der Waals surface area contributed by atoms with E-state index in [0.29, 0.717) is 13.1 Å². The highest BCUT2D eigenvalue weighted by Crippen LogP contribution is 2.07. The van der Waals surface area contributed by atoms with Crippen LogP contribution < -0.4 is 10.6 Å². The highest BCUT2D eigenvalue weighted by molar-refractivity contribution is 7.09. The molecule has 0 bridgehead atoms. The van der Waals surface area contributed by atoms with Crippen LogP contribution in [0.1, 0.15) is 22.9 Å². The fraction of sp³-hybridized carbons (Fsp3) is 0.250. The molecule has 0 aliphatic heterocycles. The molecule has 1 aromatic carbocycles. The molecule has 0 saturated carbocycles. The molecular weight excluding hydrogens is 284 g/mol. The molecule has 2 N–H and O–H groups in total. The lowest BCUT2D eigenvalue weighted by Crippen LogP contribution is -2.39. The molecule has 2 amide bonds. The quantitative estimate of drug-likeness (QED) is 0.832. The van der Waals surface area contributed by atoms with Crippen LogP contribution in [0, 0.1) is 0 Å². The second-order valence-corrected chi connectivity index (χ2v) is 5.65. The van der Waals surface area contributed by atoms with Crippen molar-refractivity contribution in [1.82, 2.24) is 10.6 Å². The molecule has 0 aliphatic carbocycles. The summed E-state index contributed by atoms with van der Waals surface area (Å²) in [6.07, 6.45) is 0.984. The number of amides is 2. The van der Waals surface area contributed by atoms with Gasteiger partial charge in [-0.05, 0) is 29.0 Å². The first-order chi connectivity index (χ1) is 10.2. The van der Waals surface area contributed by atoms with Crippen molar-refractivity contribution in [2.24, 2.45) is 0 Å². The zero-order valence-corrected chi connectivity index (χ0v) is 12.7. The Bertz CT molecular complexity index is 591. The van der Waals surface area contributed by atoms with Crippen LogP contribution in [0.2, 0.25) is 0 Å². The molecule has 0 saturated heterocycles. The minimum Gasteiger partial charge on any atom is -0.344 e. The third-order valence-corrected chi connectivity index (χ3v) is 3.97. The fourth-order valence-corrected chi connectivity index (χ4v) is 2.46. The number of hydrogen-bond donors (Lipinski definition) is 2. The Labute approximate surface area is 128 Å². The van der Waals surface area contributed by atoms with Gasteiger partial charge >= 0.3 is 11.8 Å². The van der Waals surface area contributed by atoms with Crippen LogP contribution in [-0.2, 0) is 29.1 Å². The lowest BCUT2D eigenvalue weighted by Gasteiger charge is -2.06. The van der Waals surface area contributed by atoms with Gasteiger partial charge in [0.25, 0.3) is 0 Å². The summed E-state index contributed by atoms with van der Waals surface area (Å²) in [6, 6.07) is 11.8. The molecule has 21 heavy (non-hydrogen) atoms. The van der Waals surface area contributed by atoms with Crippen molar-refractivity contribution in [3.63, 3.8) is 0 Å². The number of hydrogen-bond acceptors (Lipinski definition) is 3. The number of rotatable bonds is 5. The largest absolute Gasteiger partial charge is 0.344 e. The summed E-state index contributed by atoms with van der Waals surface area (Å²) in [5.41, 5.74) is 2.23. The topological polar surface area (TPSA) is 58.2 Å². The molecule has 2 aromatic rings. The number of aryl methyl sites for hydroxylation is 1. The molecule has 0 spiro atoms. The lowest BCUT2D eigenvalue weighted by molar-refractivity contribution is -0.139. The van der Waals surface area contributed by atoms with E-state index in [1.54, 1.807) is 11.3 Å². The van der Waals surface area contributed by atoms with E-state index in [4.69, 9.17) is 0 Å². The van der Waals surface area contributed by atoms with Crippen molar-refractivity contribution in [3.05, 3.63) is 57.8 Å². The van der Waals surface area contributed by atoms with Gasteiger partial charge in [0.05, 0.1) is 6.54 Å². The van der Waals surface area contributed by atoms with E-state index in [1.165, 1.54) is 5.56 Å². The van der Waals surface area contributed by atoms with Crippen molar-refractivity contribution in [2.75, 3.05) is 0 Å². The van der Waals surface area contributed by atoms with E-state index < -0.39 is 11.8 Å². The Morgan fingerprint density at radius 1 is 0.952 bits per heavy atom. The van der Waals surface area contributed by atoms with Crippen molar-refractivity contribution in [3.8, 4) is 0 Å². The predicted octanol–water partition coefficient (Wildman–Crippen LogP) is 2.24. The van der Waals surface area contributed by atoms with E-state index in [9.17, 15) is 9.59 Å². The molecular formula is C16H18N2O2S. The first-order valence-electron chi connectivity index (χ1n) is 6.85. The molecule has 0 unspecified atom stereocenters. The van der Waals surface area contributed by atoms with Crippen LogP contribution >= 0.6 is 11.3 Å². The molecule has 4 nitrogen and oxygen atoms in total. The fourth-order valence-electron chi connectivity index (χ4n) is 1.82. The average Bonchev–Trinajstić information content (AvgIpc) is 3.04. The van der Waals surface area contributed by atoms with E-state index in [-0.39, 0.29) is 0 Å². The predicted molar refractivity (Wildman–Crippen MR) is 83.8 cm³/mol. The van der Waals surface area contributed by atoms with Gasteiger partial charge in [-0.25, -0.2) is 0 Å². The third kappa shape index (κ3) is 4.72. The van der Waals surface area contributed by atoms with E-state index in [2.05, 4.69) is 17.6 Å². The molecule has 0 atom stereocenters. The van der Waals surface area contributed by atoms with Gasteiger partial charge in [0.15, 0.2) is 0 Å². The van der Waals surface area contributed by atoms with E-state index in [0.717, 1.165) is 16.9 Å². The molecule has 1 heterocycles. The van der Waals surface area contributed by atoms with Gasteiger partial charge in [0, 0.05) is 11.4 Å². The maximum absolute atomic E-state index is 11.7. The zero-order chi connectivity index (χ0) is 15.1. The van der Waals surface area contributed by atoms with Gasteiger partial charge in [0.1, 0.15) is 0 Å². The number of thiophene rings is 1.